The fourth-order valence-electron chi connectivity index (χ4n) is 3.48. The molecular weight excluding hydrogens is 454 g/mol. The Kier molecular flexibility index (Phi) is 6.88. The fourth-order valence-corrected chi connectivity index (χ4v) is 4.02. The van der Waals surface area contributed by atoms with Crippen molar-refractivity contribution >= 4 is 28.7 Å². The smallest absolute Gasteiger partial charge is 0.330 e. The van der Waals surface area contributed by atoms with E-state index in [1.54, 1.807) is 36.7 Å². The predicted octanol–water partition coefficient (Wildman–Crippen LogP) is 2.87. The van der Waals surface area contributed by atoms with E-state index in [4.69, 9.17) is 10.5 Å². The van der Waals surface area contributed by atoms with Gasteiger partial charge < -0.3 is 15.4 Å². The first-order valence-electron chi connectivity index (χ1n) is 10.6. The molecule has 0 unspecified atom stereocenters. The van der Waals surface area contributed by atoms with E-state index < -0.39 is 17.2 Å². The molecule has 174 valence electrons. The van der Waals surface area contributed by atoms with Gasteiger partial charge in [0.05, 0.1) is 17.7 Å². The standard InChI is InChI=1S/C24H23N5O4S/c1-2-28(23(31)17-8-10-19(11-9-17)33-13-18-14-34-15-26-18)20-21(25)29(24(32)27-22(20)30)12-16-6-4-3-5-7-16/h3-11,14-15H,2,12-13,25H2,1H3,(H,27,30,32). The number of ether oxygens (including phenoxy) is 1. The van der Waals surface area contributed by atoms with Crippen molar-refractivity contribution in [2.75, 3.05) is 17.2 Å². The molecule has 0 fully saturated rings. The molecule has 0 radical (unpaired) electrons. The second-order valence-electron chi connectivity index (χ2n) is 7.41. The molecule has 9 nitrogen and oxygen atoms in total. The van der Waals surface area contributed by atoms with Crippen molar-refractivity contribution in [3.05, 3.63) is 103 Å². The molecule has 0 aliphatic heterocycles. The molecule has 0 atom stereocenters. The second kappa shape index (κ2) is 10.2. The number of benzene rings is 2. The summed E-state index contributed by atoms with van der Waals surface area (Å²) in [6.45, 7) is 2.39. The van der Waals surface area contributed by atoms with Crippen molar-refractivity contribution in [3.63, 3.8) is 0 Å². The zero-order chi connectivity index (χ0) is 24.1. The van der Waals surface area contributed by atoms with Crippen LogP contribution in [0.4, 0.5) is 11.5 Å². The number of thiazole rings is 1. The third kappa shape index (κ3) is 4.91. The molecule has 4 aromatic rings. The van der Waals surface area contributed by atoms with Crippen molar-refractivity contribution in [3.8, 4) is 5.75 Å². The molecule has 2 heterocycles. The number of carbonyl (C=O) groups is 1. The summed E-state index contributed by atoms with van der Waals surface area (Å²) in [6, 6.07) is 15.8. The van der Waals surface area contributed by atoms with Crippen LogP contribution in [0.2, 0.25) is 0 Å². The molecular formula is C24H23N5O4S. The molecule has 0 spiro atoms. The third-order valence-corrected chi connectivity index (χ3v) is 5.84. The van der Waals surface area contributed by atoms with Gasteiger partial charge in [-0.15, -0.1) is 11.3 Å². The Morgan fingerprint density at radius 3 is 2.53 bits per heavy atom. The summed E-state index contributed by atoms with van der Waals surface area (Å²) in [5.41, 5.74) is 8.57. The SMILES string of the molecule is CCN(C(=O)c1ccc(OCc2cscn2)cc1)c1c(N)n(Cc2ccccc2)c(=O)[nH]c1=O. The number of aromatic amines is 1. The van der Waals surface area contributed by atoms with E-state index in [9.17, 15) is 14.4 Å². The van der Waals surface area contributed by atoms with Crippen LogP contribution in [-0.2, 0) is 13.2 Å². The summed E-state index contributed by atoms with van der Waals surface area (Å²) in [5, 5.41) is 1.90. The lowest BCUT2D eigenvalue weighted by Gasteiger charge is -2.23. The van der Waals surface area contributed by atoms with Crippen LogP contribution in [0.25, 0.3) is 0 Å². The number of amides is 1. The van der Waals surface area contributed by atoms with Gasteiger partial charge in [0.15, 0.2) is 5.69 Å². The number of anilines is 2. The molecule has 34 heavy (non-hydrogen) atoms. The molecule has 3 N–H and O–H groups in total. The maximum absolute atomic E-state index is 13.3. The number of hydrogen-bond acceptors (Lipinski definition) is 7. The minimum Gasteiger partial charge on any atom is -0.487 e. The van der Waals surface area contributed by atoms with Gasteiger partial charge in [-0.05, 0) is 36.8 Å². The van der Waals surface area contributed by atoms with Crippen molar-refractivity contribution in [1.29, 1.82) is 0 Å². The molecule has 0 saturated carbocycles. The van der Waals surface area contributed by atoms with Crippen LogP contribution >= 0.6 is 11.3 Å². The van der Waals surface area contributed by atoms with E-state index >= 15 is 0 Å². The fraction of sp³-hybridized carbons (Fsp3) is 0.167. The summed E-state index contributed by atoms with van der Waals surface area (Å²) < 4.78 is 6.93. The monoisotopic (exact) mass is 477 g/mol. The number of nitrogens with two attached hydrogens (primary N) is 1. The summed E-state index contributed by atoms with van der Waals surface area (Å²) >= 11 is 1.49. The van der Waals surface area contributed by atoms with Gasteiger partial charge in [-0.3, -0.25) is 19.1 Å². The zero-order valence-corrected chi connectivity index (χ0v) is 19.2. The molecule has 0 aliphatic carbocycles. The first kappa shape index (κ1) is 23.0. The highest BCUT2D eigenvalue weighted by Gasteiger charge is 2.24. The lowest BCUT2D eigenvalue weighted by Crippen LogP contribution is -2.41. The van der Waals surface area contributed by atoms with Crippen molar-refractivity contribution in [2.24, 2.45) is 0 Å². The molecule has 2 aromatic heterocycles. The molecule has 0 aliphatic rings. The average Bonchev–Trinajstić information content (AvgIpc) is 3.37. The van der Waals surface area contributed by atoms with Gasteiger partial charge in [-0.2, -0.15) is 0 Å². The van der Waals surface area contributed by atoms with Gasteiger partial charge in [0, 0.05) is 17.5 Å². The predicted molar refractivity (Wildman–Crippen MR) is 132 cm³/mol. The van der Waals surface area contributed by atoms with E-state index in [-0.39, 0.29) is 24.6 Å². The van der Waals surface area contributed by atoms with Gasteiger partial charge >= 0.3 is 5.69 Å². The molecule has 10 heteroatoms. The molecule has 2 aromatic carbocycles. The number of aromatic nitrogens is 3. The Labute approximate surface area is 199 Å². The number of carbonyl (C=O) groups excluding carboxylic acids is 1. The van der Waals surface area contributed by atoms with Crippen LogP contribution in [0.5, 0.6) is 5.75 Å². The normalized spacial score (nSPS) is 10.7. The van der Waals surface area contributed by atoms with Crippen molar-refractivity contribution in [2.45, 2.75) is 20.1 Å². The van der Waals surface area contributed by atoms with Crippen molar-refractivity contribution in [1.82, 2.24) is 14.5 Å². The van der Waals surface area contributed by atoms with Crippen molar-refractivity contribution < 1.29 is 9.53 Å². The highest BCUT2D eigenvalue weighted by atomic mass is 32.1. The number of hydrogen-bond donors (Lipinski definition) is 2. The number of rotatable bonds is 8. The topological polar surface area (TPSA) is 123 Å². The average molecular weight is 478 g/mol. The number of H-pyrrole nitrogens is 1. The van der Waals surface area contributed by atoms with Crippen LogP contribution in [0.3, 0.4) is 0 Å². The second-order valence-corrected chi connectivity index (χ2v) is 8.13. The zero-order valence-electron chi connectivity index (χ0n) is 18.4. The highest BCUT2D eigenvalue weighted by Crippen LogP contribution is 2.21. The Bertz CT molecular complexity index is 1380. The number of nitrogens with zero attached hydrogens (tertiary/aromatic N) is 3. The Morgan fingerprint density at radius 2 is 1.88 bits per heavy atom. The van der Waals surface area contributed by atoms with Gasteiger partial charge in [-0.25, -0.2) is 9.78 Å². The summed E-state index contributed by atoms with van der Waals surface area (Å²) in [4.78, 5) is 46.1. The van der Waals surface area contributed by atoms with Crippen LogP contribution < -0.4 is 26.6 Å². The van der Waals surface area contributed by atoms with E-state index in [2.05, 4.69) is 9.97 Å². The highest BCUT2D eigenvalue weighted by molar-refractivity contribution is 7.07. The molecule has 4 rings (SSSR count). The maximum Gasteiger partial charge on any atom is 0.330 e. The van der Waals surface area contributed by atoms with Crippen LogP contribution in [0.1, 0.15) is 28.5 Å². The minimum absolute atomic E-state index is 0.0631. The molecule has 1 amide bonds. The summed E-state index contributed by atoms with van der Waals surface area (Å²) in [5.74, 6) is 0.0908. The quantitative estimate of drug-likeness (QED) is 0.402. The summed E-state index contributed by atoms with van der Waals surface area (Å²) in [6.07, 6.45) is 0. The maximum atomic E-state index is 13.3. The van der Waals surface area contributed by atoms with E-state index in [0.29, 0.717) is 17.9 Å². The third-order valence-electron chi connectivity index (χ3n) is 5.20. The number of nitrogens with one attached hydrogen (secondary N) is 1. The largest absolute Gasteiger partial charge is 0.487 e. The lowest BCUT2D eigenvalue weighted by atomic mass is 10.1. The van der Waals surface area contributed by atoms with Gasteiger partial charge in [0.25, 0.3) is 11.5 Å². The Morgan fingerprint density at radius 1 is 1.15 bits per heavy atom. The molecule has 0 saturated heterocycles. The molecule has 0 bridgehead atoms. The van der Waals surface area contributed by atoms with Crippen LogP contribution in [0, 0.1) is 0 Å². The first-order valence-corrected chi connectivity index (χ1v) is 11.5. The minimum atomic E-state index is -0.717. The first-order chi connectivity index (χ1) is 16.5. The van der Waals surface area contributed by atoms with Gasteiger partial charge in [-0.1, -0.05) is 30.3 Å². The lowest BCUT2D eigenvalue weighted by molar-refractivity contribution is 0.0988. The summed E-state index contributed by atoms with van der Waals surface area (Å²) in [7, 11) is 0. The van der Waals surface area contributed by atoms with Crippen LogP contribution in [-0.4, -0.2) is 27.0 Å². The van der Waals surface area contributed by atoms with E-state index in [0.717, 1.165) is 11.3 Å². The van der Waals surface area contributed by atoms with Gasteiger partial charge in [0.1, 0.15) is 18.2 Å². The Hall–Kier alpha value is -4.18. The van der Waals surface area contributed by atoms with E-state index in [1.165, 1.54) is 20.8 Å². The van der Waals surface area contributed by atoms with Crippen LogP contribution in [0.15, 0.2) is 75.1 Å². The number of nitrogen functional groups attached to an aromatic ring is 1. The Balaban J connectivity index is 1.60. The van der Waals surface area contributed by atoms with Gasteiger partial charge in [0.2, 0.25) is 0 Å². The van der Waals surface area contributed by atoms with E-state index in [1.807, 2.05) is 35.7 Å².